The van der Waals surface area contributed by atoms with Gasteiger partial charge < -0.3 is 0 Å². The molecule has 2 aliphatic rings. The van der Waals surface area contributed by atoms with E-state index in [1.165, 1.54) is 62.6 Å². The van der Waals surface area contributed by atoms with Crippen molar-refractivity contribution >= 4 is 22.0 Å². The number of imidazole rings is 1. The fourth-order valence-corrected chi connectivity index (χ4v) is 7.36. The normalized spacial score (nSPS) is 23.6. The van der Waals surface area contributed by atoms with E-state index in [4.69, 9.17) is 4.98 Å². The fraction of sp³-hybridized carbons (Fsp3) is 0.344. The first kappa shape index (κ1) is 21.7. The lowest BCUT2D eigenvalue weighted by Crippen LogP contribution is -2.52. The van der Waals surface area contributed by atoms with Crippen LogP contribution in [0, 0.1) is 13.8 Å². The van der Waals surface area contributed by atoms with Gasteiger partial charge in [0.05, 0.1) is 34.7 Å². The number of aromatic nitrogens is 4. The average molecular weight is 475 g/mol. The molecule has 1 aliphatic carbocycles. The summed E-state index contributed by atoms with van der Waals surface area (Å²) in [5.74, 6) is 0. The van der Waals surface area contributed by atoms with E-state index < -0.39 is 0 Å². The molecule has 7 rings (SSSR count). The van der Waals surface area contributed by atoms with Crippen molar-refractivity contribution in [2.75, 3.05) is 0 Å². The molecule has 0 spiro atoms. The maximum Gasteiger partial charge on any atom is 0.296 e. The molecule has 0 N–H and O–H groups in total. The Bertz CT molecular complexity index is 1790. The second kappa shape index (κ2) is 7.03. The van der Waals surface area contributed by atoms with Crippen molar-refractivity contribution in [1.29, 1.82) is 0 Å². The van der Waals surface area contributed by atoms with E-state index in [0.29, 0.717) is 0 Å². The van der Waals surface area contributed by atoms with Crippen molar-refractivity contribution in [3.05, 3.63) is 88.9 Å². The van der Waals surface area contributed by atoms with Gasteiger partial charge in [0.15, 0.2) is 6.20 Å². The molecule has 4 heteroatoms. The summed E-state index contributed by atoms with van der Waals surface area (Å²) in [5, 5.41) is 3.92. The van der Waals surface area contributed by atoms with Crippen molar-refractivity contribution in [2.24, 2.45) is 7.05 Å². The summed E-state index contributed by atoms with van der Waals surface area (Å²) >= 11 is 0. The molecule has 0 saturated heterocycles. The van der Waals surface area contributed by atoms with Crippen LogP contribution in [0.15, 0.2) is 61.1 Å². The van der Waals surface area contributed by atoms with E-state index in [1.807, 2.05) is 0 Å². The number of benzene rings is 1. The highest BCUT2D eigenvalue weighted by Crippen LogP contribution is 2.69. The lowest BCUT2D eigenvalue weighted by molar-refractivity contribution is -0.725. The Hall–Kier alpha value is -3.53. The Kier molecular flexibility index (Phi) is 4.24. The van der Waals surface area contributed by atoms with Crippen LogP contribution < -0.4 is 14.5 Å². The zero-order valence-electron chi connectivity index (χ0n) is 22.2. The summed E-state index contributed by atoms with van der Waals surface area (Å²) in [6.07, 6.45) is 10.3. The molecule has 1 aliphatic heterocycles. The molecule has 4 aromatic heterocycles. The Morgan fingerprint density at radius 3 is 2.67 bits per heavy atom. The van der Waals surface area contributed by atoms with Crippen LogP contribution in [0.5, 0.6) is 0 Å². The number of pyridine rings is 2. The number of nitrogens with zero attached hydrogens (tertiary/aromatic N) is 4. The summed E-state index contributed by atoms with van der Waals surface area (Å²) in [7, 11) is 2.14. The van der Waals surface area contributed by atoms with Crippen molar-refractivity contribution in [2.45, 2.75) is 64.8 Å². The van der Waals surface area contributed by atoms with Gasteiger partial charge in [-0.1, -0.05) is 25.5 Å². The Balaban J connectivity index is 1.64. The van der Waals surface area contributed by atoms with Crippen LogP contribution in [0.2, 0.25) is 0 Å². The van der Waals surface area contributed by atoms with Gasteiger partial charge in [-0.3, -0.25) is 4.98 Å². The number of unbranched alkanes of at least 4 members (excludes halogenated alkanes) is 1. The van der Waals surface area contributed by atoms with E-state index in [-0.39, 0.29) is 11.0 Å². The molecule has 1 fully saturated rings. The van der Waals surface area contributed by atoms with Crippen LogP contribution in [0.1, 0.15) is 56.1 Å². The molecular weight excluding hydrogens is 440 g/mol. The highest BCUT2D eigenvalue weighted by atomic mass is 15.2. The molecule has 1 saturated carbocycles. The van der Waals surface area contributed by atoms with E-state index >= 15 is 0 Å². The quantitative estimate of drug-likeness (QED) is 0.345. The van der Waals surface area contributed by atoms with Crippen LogP contribution in [-0.4, -0.2) is 9.38 Å². The molecule has 36 heavy (non-hydrogen) atoms. The Morgan fingerprint density at radius 2 is 1.86 bits per heavy atom. The minimum atomic E-state index is -0.135. The zero-order valence-corrected chi connectivity index (χ0v) is 22.2. The molecule has 0 radical (unpaired) electrons. The summed E-state index contributed by atoms with van der Waals surface area (Å²) in [6.45, 7) is 11.4. The van der Waals surface area contributed by atoms with Gasteiger partial charge in [0.2, 0.25) is 11.2 Å². The summed E-state index contributed by atoms with van der Waals surface area (Å²) in [4.78, 5) is 4.86. The molecule has 5 heterocycles. The molecule has 2 unspecified atom stereocenters. The Labute approximate surface area is 212 Å². The van der Waals surface area contributed by atoms with Gasteiger partial charge in [0.25, 0.3) is 5.65 Å². The maximum atomic E-state index is 4.86. The van der Waals surface area contributed by atoms with Crippen LogP contribution in [0.3, 0.4) is 0 Å². The second-order valence-corrected chi connectivity index (χ2v) is 11.2. The van der Waals surface area contributed by atoms with Crippen molar-refractivity contribution < 1.29 is 9.13 Å². The van der Waals surface area contributed by atoms with Crippen molar-refractivity contribution in [3.8, 4) is 11.3 Å². The summed E-state index contributed by atoms with van der Waals surface area (Å²) < 4.78 is 7.20. The largest absolute Gasteiger partial charge is 0.296 e. The molecule has 5 aromatic rings. The molecule has 180 valence electrons. The average Bonchev–Trinajstić information content (AvgIpc) is 3.11. The van der Waals surface area contributed by atoms with Crippen LogP contribution >= 0.6 is 0 Å². The predicted octanol–water partition coefficient (Wildman–Crippen LogP) is 4.80. The lowest BCUT2D eigenvalue weighted by Gasteiger charge is -2.24. The van der Waals surface area contributed by atoms with E-state index in [9.17, 15) is 0 Å². The third kappa shape index (κ3) is 2.42. The number of fused-ring (bicyclic) bond motifs is 9. The van der Waals surface area contributed by atoms with Gasteiger partial charge in [-0.05, 0) is 62.9 Å². The third-order valence-corrected chi connectivity index (χ3v) is 9.24. The highest BCUT2D eigenvalue weighted by molar-refractivity contribution is 6.01. The van der Waals surface area contributed by atoms with Crippen LogP contribution in [0.4, 0.5) is 0 Å². The minimum absolute atomic E-state index is 0.0905. The maximum absolute atomic E-state index is 4.86. The lowest BCUT2D eigenvalue weighted by atomic mass is 9.83. The molecule has 0 bridgehead atoms. The number of hydrogen-bond donors (Lipinski definition) is 0. The first-order valence-electron chi connectivity index (χ1n) is 13.3. The smallest absolute Gasteiger partial charge is 0.257 e. The van der Waals surface area contributed by atoms with E-state index in [0.717, 1.165) is 17.8 Å². The standard InChI is InChI=1S/C32H34N4/c1-7-8-11-22-13-14-25-23(19-22)26-12-9-10-15-36(26)32(5)29(31(25,32)4)28-24-18-20(2)33-21(3)27(24)30-34(6)16-17-35(28)30/h9-10,12-19H,7-8,11H2,1-6H3/q+2. The molecule has 4 nitrogen and oxygen atoms in total. The van der Waals surface area contributed by atoms with Gasteiger partial charge >= 0.3 is 0 Å². The van der Waals surface area contributed by atoms with Crippen molar-refractivity contribution in [3.63, 3.8) is 0 Å². The topological polar surface area (TPSA) is 25.1 Å². The number of hydrogen-bond acceptors (Lipinski definition) is 1. The van der Waals surface area contributed by atoms with Crippen LogP contribution in [-0.2, 0) is 24.4 Å². The van der Waals surface area contributed by atoms with Crippen molar-refractivity contribution in [1.82, 2.24) is 9.38 Å². The summed E-state index contributed by atoms with van der Waals surface area (Å²) in [5.41, 5.74) is 10.3. The fourth-order valence-electron chi connectivity index (χ4n) is 7.36. The summed E-state index contributed by atoms with van der Waals surface area (Å²) in [6, 6.07) is 16.2. The second-order valence-electron chi connectivity index (χ2n) is 11.2. The first-order valence-corrected chi connectivity index (χ1v) is 13.3. The molecular formula is C32H34N4+2. The van der Waals surface area contributed by atoms with E-state index in [2.05, 4.69) is 116 Å². The zero-order chi connectivity index (χ0) is 25.0. The van der Waals surface area contributed by atoms with Crippen LogP contribution in [0.25, 0.3) is 33.3 Å². The molecule has 1 aromatic carbocycles. The predicted molar refractivity (Wildman–Crippen MR) is 144 cm³/mol. The van der Waals surface area contributed by atoms with Gasteiger partial charge in [-0.15, -0.1) is 0 Å². The monoisotopic (exact) mass is 474 g/mol. The van der Waals surface area contributed by atoms with Gasteiger partial charge in [-0.25, -0.2) is 4.57 Å². The van der Waals surface area contributed by atoms with Gasteiger partial charge in [0.1, 0.15) is 17.7 Å². The first-order chi connectivity index (χ1) is 17.3. The van der Waals surface area contributed by atoms with E-state index in [1.54, 1.807) is 0 Å². The van der Waals surface area contributed by atoms with Gasteiger partial charge in [-0.2, -0.15) is 8.97 Å². The Morgan fingerprint density at radius 1 is 1.03 bits per heavy atom. The van der Waals surface area contributed by atoms with Gasteiger partial charge in [0, 0.05) is 30.1 Å². The number of aryl methyl sites for hydroxylation is 4. The number of rotatable bonds is 3. The minimum Gasteiger partial charge on any atom is -0.257 e. The molecule has 2 atom stereocenters. The highest BCUT2D eigenvalue weighted by Gasteiger charge is 2.80. The molecule has 0 amide bonds. The SMILES string of the molecule is CCCCc1ccc2c(c1)-c1cccc[n+]1C1(C)C(=c3c4cc(C)nc(C)c4c4n3cc[n+]4C)C21C. The third-order valence-electron chi connectivity index (χ3n) is 9.24.